The summed E-state index contributed by atoms with van der Waals surface area (Å²) in [6.45, 7) is 4.18. The van der Waals surface area contributed by atoms with E-state index in [2.05, 4.69) is 65.4 Å². The largest absolute Gasteiger partial charge is 0.358 e. The predicted molar refractivity (Wildman–Crippen MR) is 99.3 cm³/mol. The van der Waals surface area contributed by atoms with E-state index in [-0.39, 0.29) is 0 Å². The number of nitrogens with zero attached hydrogens (tertiary/aromatic N) is 2. The number of nitrogens with one attached hydrogen (secondary N) is 2. The highest BCUT2D eigenvalue weighted by molar-refractivity contribution is 7.71. The average Bonchev–Trinajstić information content (AvgIpc) is 3.08. The maximum Gasteiger partial charge on any atom is 0.199 e. The molecule has 2 N–H and O–H groups in total. The van der Waals surface area contributed by atoms with E-state index in [4.69, 9.17) is 12.2 Å². The number of fused-ring (bicyclic) bond motifs is 1. The van der Waals surface area contributed by atoms with Crippen molar-refractivity contribution < 1.29 is 0 Å². The fourth-order valence-corrected chi connectivity index (χ4v) is 3.46. The normalized spacial score (nSPS) is 11.2. The van der Waals surface area contributed by atoms with Crippen LogP contribution in [0.15, 0.2) is 48.5 Å². The minimum absolute atomic E-state index is 0.619. The summed E-state index contributed by atoms with van der Waals surface area (Å²) in [7, 11) is 0. The molecule has 0 aliphatic heterocycles. The van der Waals surface area contributed by atoms with Crippen molar-refractivity contribution in [3.63, 3.8) is 0 Å². The molecule has 2 aromatic carbocycles. The molecule has 0 unspecified atom stereocenters. The van der Waals surface area contributed by atoms with Crippen LogP contribution in [0.4, 0.5) is 0 Å². The van der Waals surface area contributed by atoms with Crippen LogP contribution in [0.3, 0.4) is 0 Å². The van der Waals surface area contributed by atoms with Gasteiger partial charge in [0.15, 0.2) is 4.77 Å². The van der Waals surface area contributed by atoms with E-state index < -0.39 is 0 Å². The Hall–Kier alpha value is -2.66. The van der Waals surface area contributed by atoms with Gasteiger partial charge in [0, 0.05) is 28.7 Å². The zero-order chi connectivity index (χ0) is 16.7. The third-order valence-electron chi connectivity index (χ3n) is 4.36. The summed E-state index contributed by atoms with van der Waals surface area (Å²) in [6, 6.07) is 16.7. The number of para-hydroxylation sites is 1. The molecule has 4 aromatic rings. The average molecular weight is 334 g/mol. The lowest BCUT2D eigenvalue weighted by Crippen LogP contribution is -2.03. The highest BCUT2D eigenvalue weighted by Crippen LogP contribution is 2.25. The summed E-state index contributed by atoms with van der Waals surface area (Å²) >= 11 is 5.46. The van der Waals surface area contributed by atoms with Crippen LogP contribution >= 0.6 is 12.2 Å². The molecule has 0 atom stereocenters. The number of aryl methyl sites for hydroxylation is 2. The maximum atomic E-state index is 5.46. The van der Waals surface area contributed by atoms with E-state index in [1.165, 1.54) is 22.2 Å². The van der Waals surface area contributed by atoms with E-state index in [9.17, 15) is 0 Å². The summed E-state index contributed by atoms with van der Waals surface area (Å²) in [5, 5.41) is 8.65. The highest BCUT2D eigenvalue weighted by atomic mass is 32.1. The standard InChI is InChI=1S/C19H18N4S/c1-12-6-5-7-14(10-12)23-18(21-22-19(23)24)11-16-13(2)20-17-9-4-3-8-15(16)17/h3-10,20H,11H2,1-2H3,(H,22,24). The van der Waals surface area contributed by atoms with E-state index in [0.29, 0.717) is 4.77 Å². The molecule has 0 radical (unpaired) electrons. The van der Waals surface area contributed by atoms with Gasteiger partial charge in [-0.1, -0.05) is 30.3 Å². The highest BCUT2D eigenvalue weighted by Gasteiger charge is 2.14. The predicted octanol–water partition coefficient (Wildman–Crippen LogP) is 4.62. The molecule has 2 heterocycles. The molecule has 5 heteroatoms. The van der Waals surface area contributed by atoms with Crippen molar-refractivity contribution in [2.24, 2.45) is 0 Å². The lowest BCUT2D eigenvalue weighted by molar-refractivity contribution is 0.899. The van der Waals surface area contributed by atoms with Crippen molar-refractivity contribution in [3.8, 4) is 5.69 Å². The molecular weight excluding hydrogens is 316 g/mol. The zero-order valence-corrected chi connectivity index (χ0v) is 14.4. The molecule has 0 spiro atoms. The number of aromatic nitrogens is 4. The van der Waals surface area contributed by atoms with Gasteiger partial charge in [0.2, 0.25) is 0 Å². The van der Waals surface area contributed by atoms with Crippen molar-refractivity contribution >= 4 is 23.1 Å². The number of aromatic amines is 2. The van der Waals surface area contributed by atoms with E-state index in [0.717, 1.165) is 23.4 Å². The first-order valence-electron chi connectivity index (χ1n) is 7.93. The fraction of sp³-hybridized carbons (Fsp3) is 0.158. The van der Waals surface area contributed by atoms with Crippen molar-refractivity contribution in [1.82, 2.24) is 19.7 Å². The van der Waals surface area contributed by atoms with Gasteiger partial charge in [-0.05, 0) is 55.4 Å². The maximum absolute atomic E-state index is 5.46. The Balaban J connectivity index is 1.84. The SMILES string of the molecule is Cc1cccc(-n2c(Cc3c(C)[nH]c4ccccc34)n[nH]c2=S)c1. The van der Waals surface area contributed by atoms with Gasteiger partial charge in [-0.25, -0.2) is 0 Å². The molecule has 4 nitrogen and oxygen atoms in total. The fourth-order valence-electron chi connectivity index (χ4n) is 3.20. The number of H-pyrrole nitrogens is 2. The smallest absolute Gasteiger partial charge is 0.199 e. The summed E-state index contributed by atoms with van der Waals surface area (Å²) in [5.74, 6) is 0.915. The van der Waals surface area contributed by atoms with Gasteiger partial charge >= 0.3 is 0 Å². The van der Waals surface area contributed by atoms with Gasteiger partial charge in [0.25, 0.3) is 0 Å². The molecular formula is C19H18N4S. The van der Waals surface area contributed by atoms with Crippen molar-refractivity contribution in [1.29, 1.82) is 0 Å². The number of hydrogen-bond acceptors (Lipinski definition) is 2. The third-order valence-corrected chi connectivity index (χ3v) is 4.64. The quantitative estimate of drug-likeness (QED) is 0.537. The Morgan fingerprint density at radius 3 is 2.75 bits per heavy atom. The summed E-state index contributed by atoms with van der Waals surface area (Å²) in [4.78, 5) is 3.45. The first-order valence-corrected chi connectivity index (χ1v) is 8.34. The molecule has 4 rings (SSSR count). The van der Waals surface area contributed by atoms with Crippen LogP contribution in [0.2, 0.25) is 0 Å². The molecule has 0 aliphatic carbocycles. The van der Waals surface area contributed by atoms with Gasteiger partial charge < -0.3 is 4.98 Å². The molecule has 0 amide bonds. The van der Waals surface area contributed by atoms with E-state index >= 15 is 0 Å². The van der Waals surface area contributed by atoms with Crippen molar-refractivity contribution in [3.05, 3.63) is 75.9 Å². The summed E-state index contributed by atoms with van der Waals surface area (Å²) in [6.07, 6.45) is 0.719. The minimum Gasteiger partial charge on any atom is -0.358 e. The molecule has 0 bridgehead atoms. The molecule has 2 aromatic heterocycles. The molecule has 24 heavy (non-hydrogen) atoms. The van der Waals surface area contributed by atoms with Crippen LogP contribution in [-0.4, -0.2) is 19.7 Å². The van der Waals surface area contributed by atoms with Crippen LogP contribution in [0.25, 0.3) is 16.6 Å². The van der Waals surface area contributed by atoms with Crippen LogP contribution < -0.4 is 0 Å². The molecule has 0 fully saturated rings. The molecule has 0 saturated carbocycles. The van der Waals surface area contributed by atoms with Gasteiger partial charge in [-0.15, -0.1) is 0 Å². The Bertz CT molecular complexity index is 1080. The zero-order valence-electron chi connectivity index (χ0n) is 13.6. The number of benzene rings is 2. The Kier molecular flexibility index (Phi) is 3.58. The molecule has 0 saturated heterocycles. The second-order valence-electron chi connectivity index (χ2n) is 6.07. The van der Waals surface area contributed by atoms with Gasteiger partial charge in [0.05, 0.1) is 0 Å². The summed E-state index contributed by atoms with van der Waals surface area (Å²) < 4.78 is 2.64. The third kappa shape index (κ3) is 2.47. The van der Waals surface area contributed by atoms with Crippen LogP contribution in [0.1, 0.15) is 22.6 Å². The van der Waals surface area contributed by atoms with Crippen molar-refractivity contribution in [2.75, 3.05) is 0 Å². The van der Waals surface area contributed by atoms with Gasteiger partial charge in [0.1, 0.15) is 5.82 Å². The summed E-state index contributed by atoms with van der Waals surface area (Å²) in [5.41, 5.74) is 5.82. The second-order valence-corrected chi connectivity index (χ2v) is 6.46. The van der Waals surface area contributed by atoms with Crippen LogP contribution in [-0.2, 0) is 6.42 Å². The Morgan fingerprint density at radius 1 is 1.08 bits per heavy atom. The lowest BCUT2D eigenvalue weighted by atomic mass is 10.1. The number of rotatable bonds is 3. The lowest BCUT2D eigenvalue weighted by Gasteiger charge is -2.08. The molecule has 0 aliphatic rings. The van der Waals surface area contributed by atoms with Crippen LogP contribution in [0.5, 0.6) is 0 Å². The van der Waals surface area contributed by atoms with Gasteiger partial charge in [-0.3, -0.25) is 9.67 Å². The first kappa shape index (κ1) is 14.9. The minimum atomic E-state index is 0.619. The second kappa shape index (κ2) is 5.76. The van der Waals surface area contributed by atoms with E-state index in [1.54, 1.807) is 0 Å². The van der Waals surface area contributed by atoms with E-state index in [1.807, 2.05) is 16.7 Å². The topological polar surface area (TPSA) is 49.4 Å². The van der Waals surface area contributed by atoms with Gasteiger partial charge in [-0.2, -0.15) is 5.10 Å². The molecule has 120 valence electrons. The van der Waals surface area contributed by atoms with Crippen molar-refractivity contribution in [2.45, 2.75) is 20.3 Å². The monoisotopic (exact) mass is 334 g/mol. The Morgan fingerprint density at radius 2 is 1.92 bits per heavy atom. The first-order chi connectivity index (χ1) is 11.6. The number of hydrogen-bond donors (Lipinski definition) is 2. The van der Waals surface area contributed by atoms with Crippen LogP contribution in [0, 0.1) is 18.6 Å². The Labute approximate surface area is 145 Å².